The third kappa shape index (κ3) is 2.67. The quantitative estimate of drug-likeness (QED) is 0.789. The lowest BCUT2D eigenvalue weighted by Gasteiger charge is -2.43. The van der Waals surface area contributed by atoms with E-state index in [9.17, 15) is 4.79 Å². The van der Waals surface area contributed by atoms with Crippen molar-refractivity contribution in [2.75, 3.05) is 13.7 Å². The first kappa shape index (κ1) is 13.7. The maximum Gasteiger partial charge on any atom is 0.226 e. The molecule has 0 aromatic heterocycles. The van der Waals surface area contributed by atoms with Gasteiger partial charge in [0.25, 0.3) is 0 Å². The molecule has 2 N–H and O–H groups in total. The number of carbonyl (C=O) groups is 1. The van der Waals surface area contributed by atoms with Gasteiger partial charge in [0, 0.05) is 13.7 Å². The summed E-state index contributed by atoms with van der Waals surface area (Å²) < 4.78 is 5.52. The van der Waals surface area contributed by atoms with E-state index in [4.69, 9.17) is 22.7 Å². The Bertz CT molecular complexity index is 336. The van der Waals surface area contributed by atoms with Crippen molar-refractivity contribution < 1.29 is 9.53 Å². The van der Waals surface area contributed by atoms with E-state index in [1.807, 2.05) is 4.90 Å². The number of carbonyl (C=O) groups excluding carboxylic acids is 1. The van der Waals surface area contributed by atoms with Crippen LogP contribution in [0.1, 0.15) is 44.9 Å². The number of hydrogen-bond donors (Lipinski definition) is 1. The fourth-order valence-electron chi connectivity index (χ4n) is 2.93. The Morgan fingerprint density at radius 3 is 2.67 bits per heavy atom. The Balaban J connectivity index is 2.00. The molecule has 0 aromatic rings. The second-order valence-corrected chi connectivity index (χ2v) is 5.89. The lowest BCUT2D eigenvalue weighted by atomic mass is 9.77. The fraction of sp³-hybridized carbons (Fsp3) is 0.846. The molecule has 1 unspecified atom stereocenters. The van der Waals surface area contributed by atoms with E-state index in [-0.39, 0.29) is 17.6 Å². The summed E-state index contributed by atoms with van der Waals surface area (Å²) in [6.45, 7) is 0.778. The highest BCUT2D eigenvalue weighted by molar-refractivity contribution is 7.80. The molecule has 1 saturated carbocycles. The van der Waals surface area contributed by atoms with E-state index < -0.39 is 0 Å². The van der Waals surface area contributed by atoms with Crippen LogP contribution in [0.5, 0.6) is 0 Å². The van der Waals surface area contributed by atoms with Crippen LogP contribution in [-0.2, 0) is 9.53 Å². The molecule has 0 radical (unpaired) electrons. The fourth-order valence-corrected chi connectivity index (χ4v) is 3.17. The highest BCUT2D eigenvalue weighted by Crippen LogP contribution is 2.38. The minimum atomic E-state index is -0.213. The number of thiocarbonyl (C=S) groups is 1. The highest BCUT2D eigenvalue weighted by atomic mass is 32.1. The summed E-state index contributed by atoms with van der Waals surface area (Å²) in [5, 5.41) is 0. The Kier molecular flexibility index (Phi) is 4.22. The minimum Gasteiger partial charge on any atom is -0.392 e. The van der Waals surface area contributed by atoms with Crippen molar-refractivity contribution in [3.63, 3.8) is 0 Å². The van der Waals surface area contributed by atoms with Crippen LogP contribution in [0, 0.1) is 0 Å². The molecular formula is C13H22N2O2S. The third-order valence-corrected chi connectivity index (χ3v) is 4.59. The maximum absolute atomic E-state index is 12.4. The minimum absolute atomic E-state index is 0.0461. The van der Waals surface area contributed by atoms with E-state index >= 15 is 0 Å². The van der Waals surface area contributed by atoms with E-state index in [2.05, 4.69) is 0 Å². The number of rotatable bonds is 4. The number of amides is 1. The van der Waals surface area contributed by atoms with Crippen LogP contribution in [-0.4, -0.2) is 41.1 Å². The van der Waals surface area contributed by atoms with Crippen molar-refractivity contribution in [3.05, 3.63) is 0 Å². The van der Waals surface area contributed by atoms with Crippen LogP contribution in [0.4, 0.5) is 0 Å². The van der Waals surface area contributed by atoms with Gasteiger partial charge in [0.05, 0.1) is 23.1 Å². The molecule has 102 valence electrons. The number of piperidine rings is 1. The van der Waals surface area contributed by atoms with Crippen LogP contribution in [0.3, 0.4) is 0 Å². The number of nitrogens with zero attached hydrogens (tertiary/aromatic N) is 1. The highest BCUT2D eigenvalue weighted by Gasteiger charge is 2.41. The number of methoxy groups -OCH3 is 1. The Morgan fingerprint density at radius 2 is 2.17 bits per heavy atom. The normalized spacial score (nSPS) is 26.5. The average Bonchev–Trinajstić information content (AvgIpc) is 2.33. The summed E-state index contributed by atoms with van der Waals surface area (Å²) in [6, 6.07) is -0.0461. The van der Waals surface area contributed by atoms with Crippen molar-refractivity contribution in [1.82, 2.24) is 4.90 Å². The van der Waals surface area contributed by atoms with Gasteiger partial charge >= 0.3 is 0 Å². The molecule has 1 atom stereocenters. The summed E-state index contributed by atoms with van der Waals surface area (Å²) in [4.78, 5) is 14.7. The van der Waals surface area contributed by atoms with E-state index in [1.165, 1.54) is 0 Å². The first-order valence-corrected chi connectivity index (χ1v) is 7.13. The molecule has 2 rings (SSSR count). The summed E-state index contributed by atoms with van der Waals surface area (Å²) in [7, 11) is 1.70. The summed E-state index contributed by atoms with van der Waals surface area (Å²) in [6.07, 6.45) is 6.65. The zero-order valence-electron chi connectivity index (χ0n) is 11.0. The Labute approximate surface area is 114 Å². The van der Waals surface area contributed by atoms with Crippen molar-refractivity contribution in [2.45, 2.75) is 56.6 Å². The average molecular weight is 270 g/mol. The van der Waals surface area contributed by atoms with Gasteiger partial charge in [0.2, 0.25) is 5.91 Å². The van der Waals surface area contributed by atoms with Crippen LogP contribution in [0.25, 0.3) is 0 Å². The molecule has 18 heavy (non-hydrogen) atoms. The maximum atomic E-state index is 12.4. The van der Waals surface area contributed by atoms with Gasteiger partial charge in [-0.1, -0.05) is 12.2 Å². The molecule has 1 aliphatic heterocycles. The van der Waals surface area contributed by atoms with Crippen LogP contribution in [0.2, 0.25) is 0 Å². The second kappa shape index (κ2) is 5.53. The second-order valence-electron chi connectivity index (χ2n) is 5.42. The van der Waals surface area contributed by atoms with Crippen molar-refractivity contribution in [1.29, 1.82) is 0 Å². The molecule has 1 saturated heterocycles. The number of ether oxygens (including phenoxy) is 1. The molecule has 2 fully saturated rings. The topological polar surface area (TPSA) is 55.6 Å². The van der Waals surface area contributed by atoms with E-state index in [0.717, 1.165) is 45.1 Å². The van der Waals surface area contributed by atoms with Crippen molar-refractivity contribution >= 4 is 23.1 Å². The predicted octanol–water partition coefficient (Wildman–Crippen LogP) is 1.61. The molecule has 4 nitrogen and oxygen atoms in total. The predicted molar refractivity (Wildman–Crippen MR) is 74.3 cm³/mol. The molecule has 1 heterocycles. The summed E-state index contributed by atoms with van der Waals surface area (Å²) >= 11 is 5.08. The molecule has 0 bridgehead atoms. The number of hydrogen-bond acceptors (Lipinski definition) is 3. The Hall–Kier alpha value is -0.680. The van der Waals surface area contributed by atoms with Gasteiger partial charge in [-0.2, -0.15) is 0 Å². The van der Waals surface area contributed by atoms with Gasteiger partial charge in [-0.15, -0.1) is 0 Å². The molecule has 5 heteroatoms. The molecule has 2 aliphatic rings. The zero-order valence-corrected chi connectivity index (χ0v) is 11.8. The summed E-state index contributed by atoms with van der Waals surface area (Å²) in [5.74, 6) is 0.147. The first-order valence-electron chi connectivity index (χ1n) is 6.72. The zero-order chi connectivity index (χ0) is 13.2. The van der Waals surface area contributed by atoms with Crippen LogP contribution < -0.4 is 5.73 Å². The van der Waals surface area contributed by atoms with Gasteiger partial charge in [0.15, 0.2) is 0 Å². The lowest BCUT2D eigenvalue weighted by Crippen LogP contribution is -2.53. The molecule has 1 amide bonds. The van der Waals surface area contributed by atoms with Crippen molar-refractivity contribution in [2.24, 2.45) is 5.73 Å². The largest absolute Gasteiger partial charge is 0.392 e. The van der Waals surface area contributed by atoms with Gasteiger partial charge in [-0.3, -0.25) is 4.79 Å². The number of nitrogens with two attached hydrogens (primary N) is 1. The van der Waals surface area contributed by atoms with Crippen molar-refractivity contribution in [3.8, 4) is 0 Å². The van der Waals surface area contributed by atoms with Crippen LogP contribution in [0.15, 0.2) is 0 Å². The molecule has 0 spiro atoms. The third-order valence-electron chi connectivity index (χ3n) is 4.32. The van der Waals surface area contributed by atoms with E-state index in [1.54, 1.807) is 7.11 Å². The number of likely N-dealkylation sites (tertiary alicyclic amines) is 1. The molecular weight excluding hydrogens is 248 g/mol. The SMILES string of the molecule is COC1(CC(=O)N2CCCCC2C(N)=S)CCC1. The van der Waals surface area contributed by atoms with E-state index in [0.29, 0.717) is 11.4 Å². The monoisotopic (exact) mass is 270 g/mol. The first-order chi connectivity index (χ1) is 8.58. The molecule has 1 aliphatic carbocycles. The summed E-state index contributed by atoms with van der Waals surface area (Å²) in [5.41, 5.74) is 5.53. The van der Waals surface area contributed by atoms with Gasteiger partial charge < -0.3 is 15.4 Å². The van der Waals surface area contributed by atoms with Gasteiger partial charge in [-0.25, -0.2) is 0 Å². The smallest absolute Gasteiger partial charge is 0.226 e. The van der Waals surface area contributed by atoms with Gasteiger partial charge in [0.1, 0.15) is 0 Å². The lowest BCUT2D eigenvalue weighted by molar-refractivity contribution is -0.146. The van der Waals surface area contributed by atoms with Crippen LogP contribution >= 0.6 is 12.2 Å². The molecule has 0 aromatic carbocycles. The standard InChI is InChI=1S/C13H22N2O2S/c1-17-13(6-4-7-13)9-11(16)15-8-3-2-5-10(15)12(14)18/h10H,2-9H2,1H3,(H2,14,18). The van der Waals surface area contributed by atoms with Gasteiger partial charge in [-0.05, 0) is 38.5 Å². The Morgan fingerprint density at radius 1 is 1.44 bits per heavy atom.